The average molecular weight is 232 g/mol. The number of hydrogen-bond acceptors (Lipinski definition) is 3. The zero-order valence-electron chi connectivity index (χ0n) is 9.14. The SMILES string of the molecule is Cc1cc(-n2cccn2)c(C(N)=S)c(C)n1. The molecule has 0 aliphatic carbocycles. The van der Waals surface area contributed by atoms with Crippen LogP contribution in [0.4, 0.5) is 0 Å². The lowest BCUT2D eigenvalue weighted by Gasteiger charge is -2.11. The van der Waals surface area contributed by atoms with Crippen molar-refractivity contribution in [2.24, 2.45) is 5.73 Å². The quantitative estimate of drug-likeness (QED) is 0.798. The van der Waals surface area contributed by atoms with Gasteiger partial charge < -0.3 is 5.73 Å². The van der Waals surface area contributed by atoms with Gasteiger partial charge in [-0.1, -0.05) is 12.2 Å². The molecule has 0 unspecified atom stereocenters. The molecule has 0 saturated heterocycles. The van der Waals surface area contributed by atoms with Crippen molar-refractivity contribution in [1.82, 2.24) is 14.8 Å². The van der Waals surface area contributed by atoms with Gasteiger partial charge in [0, 0.05) is 23.8 Å². The Morgan fingerprint density at radius 1 is 1.44 bits per heavy atom. The third-order valence-electron chi connectivity index (χ3n) is 2.31. The Labute approximate surface area is 99.1 Å². The van der Waals surface area contributed by atoms with E-state index in [1.54, 1.807) is 10.9 Å². The summed E-state index contributed by atoms with van der Waals surface area (Å²) in [5, 5.41) is 4.19. The summed E-state index contributed by atoms with van der Waals surface area (Å²) < 4.78 is 1.75. The molecule has 16 heavy (non-hydrogen) atoms. The predicted molar refractivity (Wildman–Crippen MR) is 66.7 cm³/mol. The van der Waals surface area contributed by atoms with Gasteiger partial charge in [0.05, 0.1) is 11.3 Å². The molecule has 0 radical (unpaired) electrons. The predicted octanol–water partition coefficient (Wildman–Crippen LogP) is 1.52. The molecule has 2 aromatic rings. The second-order valence-electron chi connectivity index (χ2n) is 3.56. The number of nitrogens with zero attached hydrogens (tertiary/aromatic N) is 3. The van der Waals surface area contributed by atoms with Crippen molar-refractivity contribution >= 4 is 17.2 Å². The monoisotopic (exact) mass is 232 g/mol. The Kier molecular flexibility index (Phi) is 2.70. The van der Waals surface area contributed by atoms with E-state index < -0.39 is 0 Å². The van der Waals surface area contributed by atoms with Gasteiger partial charge in [0.2, 0.25) is 0 Å². The van der Waals surface area contributed by atoms with Gasteiger partial charge in [0.25, 0.3) is 0 Å². The van der Waals surface area contributed by atoms with E-state index in [2.05, 4.69) is 10.1 Å². The number of rotatable bonds is 2. The third kappa shape index (κ3) is 1.81. The Balaban J connectivity index is 2.72. The van der Waals surface area contributed by atoms with E-state index in [0.717, 1.165) is 22.6 Å². The number of aryl methyl sites for hydroxylation is 2. The lowest BCUT2D eigenvalue weighted by Crippen LogP contribution is -2.17. The molecule has 0 aliphatic heterocycles. The first-order chi connectivity index (χ1) is 7.59. The molecule has 0 amide bonds. The third-order valence-corrected chi connectivity index (χ3v) is 2.51. The molecule has 4 nitrogen and oxygen atoms in total. The molecular weight excluding hydrogens is 220 g/mol. The minimum atomic E-state index is 0.343. The normalized spacial score (nSPS) is 10.4. The van der Waals surface area contributed by atoms with Crippen molar-refractivity contribution in [2.75, 3.05) is 0 Å². The highest BCUT2D eigenvalue weighted by Gasteiger charge is 2.12. The van der Waals surface area contributed by atoms with Crippen LogP contribution in [0.15, 0.2) is 24.5 Å². The molecule has 5 heteroatoms. The summed E-state index contributed by atoms with van der Waals surface area (Å²) in [6.45, 7) is 3.83. The number of hydrogen-bond donors (Lipinski definition) is 1. The highest BCUT2D eigenvalue weighted by Crippen LogP contribution is 2.17. The Morgan fingerprint density at radius 2 is 2.19 bits per heavy atom. The van der Waals surface area contributed by atoms with Crippen LogP contribution in [-0.2, 0) is 0 Å². The van der Waals surface area contributed by atoms with E-state index in [-0.39, 0.29) is 0 Å². The lowest BCUT2D eigenvalue weighted by molar-refractivity contribution is 0.868. The maximum absolute atomic E-state index is 5.72. The first-order valence-electron chi connectivity index (χ1n) is 4.87. The van der Waals surface area contributed by atoms with Gasteiger partial charge in [-0.3, -0.25) is 4.98 Å². The number of pyridine rings is 1. The summed E-state index contributed by atoms with van der Waals surface area (Å²) in [6.07, 6.45) is 3.57. The van der Waals surface area contributed by atoms with Crippen molar-refractivity contribution < 1.29 is 0 Å². The molecular formula is C11H12N4S. The average Bonchev–Trinajstić information content (AvgIpc) is 2.67. The fourth-order valence-corrected chi connectivity index (χ4v) is 1.96. The van der Waals surface area contributed by atoms with E-state index in [4.69, 9.17) is 18.0 Å². The van der Waals surface area contributed by atoms with Gasteiger partial charge in [0.15, 0.2) is 0 Å². The molecule has 2 aromatic heterocycles. The first kappa shape index (κ1) is 10.8. The molecule has 0 bridgehead atoms. The summed E-state index contributed by atoms with van der Waals surface area (Å²) in [6, 6.07) is 3.78. The van der Waals surface area contributed by atoms with Crippen LogP contribution >= 0.6 is 12.2 Å². The highest BCUT2D eigenvalue weighted by atomic mass is 32.1. The minimum absolute atomic E-state index is 0.343. The van der Waals surface area contributed by atoms with Crippen molar-refractivity contribution in [3.8, 4) is 5.69 Å². The zero-order valence-corrected chi connectivity index (χ0v) is 9.95. The smallest absolute Gasteiger partial charge is 0.108 e. The molecule has 2 heterocycles. The van der Waals surface area contributed by atoms with Crippen LogP contribution < -0.4 is 5.73 Å². The summed E-state index contributed by atoms with van der Waals surface area (Å²) in [4.78, 5) is 4.70. The maximum Gasteiger partial charge on any atom is 0.108 e. The van der Waals surface area contributed by atoms with Crippen molar-refractivity contribution in [3.05, 3.63) is 41.5 Å². The van der Waals surface area contributed by atoms with Gasteiger partial charge >= 0.3 is 0 Å². The van der Waals surface area contributed by atoms with Crippen LogP contribution in [0.5, 0.6) is 0 Å². The number of nitrogens with two attached hydrogens (primary N) is 1. The first-order valence-corrected chi connectivity index (χ1v) is 5.28. The molecule has 2 N–H and O–H groups in total. The fraction of sp³-hybridized carbons (Fsp3) is 0.182. The van der Waals surface area contributed by atoms with Crippen LogP contribution in [0.1, 0.15) is 17.0 Å². The summed E-state index contributed by atoms with van der Waals surface area (Å²) in [5.41, 5.74) is 9.13. The van der Waals surface area contributed by atoms with Gasteiger partial charge in [0.1, 0.15) is 4.99 Å². The van der Waals surface area contributed by atoms with Crippen LogP contribution in [-0.4, -0.2) is 19.8 Å². The zero-order chi connectivity index (χ0) is 11.7. The summed E-state index contributed by atoms with van der Waals surface area (Å²) >= 11 is 5.05. The molecule has 0 fully saturated rings. The molecule has 2 rings (SSSR count). The molecule has 0 spiro atoms. The standard InChI is InChI=1S/C11H12N4S/c1-7-6-9(15-5-3-4-13-15)10(11(12)16)8(2)14-7/h3-6H,1-2H3,(H2,12,16). The highest BCUT2D eigenvalue weighted by molar-refractivity contribution is 7.80. The minimum Gasteiger partial charge on any atom is -0.389 e. The van der Waals surface area contributed by atoms with E-state index in [0.29, 0.717) is 4.99 Å². The van der Waals surface area contributed by atoms with Gasteiger partial charge in [-0.2, -0.15) is 5.10 Å². The fourth-order valence-electron chi connectivity index (χ4n) is 1.70. The van der Waals surface area contributed by atoms with Crippen LogP contribution in [0, 0.1) is 13.8 Å². The van der Waals surface area contributed by atoms with Gasteiger partial charge in [-0.05, 0) is 26.0 Å². The Hall–Kier alpha value is -1.75. The van der Waals surface area contributed by atoms with E-state index in [1.807, 2.05) is 32.2 Å². The molecule has 0 atom stereocenters. The van der Waals surface area contributed by atoms with Crippen molar-refractivity contribution in [1.29, 1.82) is 0 Å². The molecule has 0 aromatic carbocycles. The Morgan fingerprint density at radius 3 is 2.75 bits per heavy atom. The topological polar surface area (TPSA) is 56.7 Å². The van der Waals surface area contributed by atoms with Crippen LogP contribution in [0.3, 0.4) is 0 Å². The Bertz CT molecular complexity index is 531. The van der Waals surface area contributed by atoms with Crippen molar-refractivity contribution in [2.45, 2.75) is 13.8 Å². The van der Waals surface area contributed by atoms with Crippen molar-refractivity contribution in [3.63, 3.8) is 0 Å². The van der Waals surface area contributed by atoms with E-state index in [9.17, 15) is 0 Å². The molecule has 0 aliphatic rings. The van der Waals surface area contributed by atoms with E-state index >= 15 is 0 Å². The second kappa shape index (κ2) is 4.02. The van der Waals surface area contributed by atoms with Gasteiger partial charge in [-0.25, -0.2) is 4.68 Å². The lowest BCUT2D eigenvalue weighted by atomic mass is 10.1. The van der Waals surface area contributed by atoms with E-state index in [1.165, 1.54) is 0 Å². The maximum atomic E-state index is 5.72. The molecule has 82 valence electrons. The largest absolute Gasteiger partial charge is 0.389 e. The summed E-state index contributed by atoms with van der Waals surface area (Å²) in [5.74, 6) is 0. The van der Waals surface area contributed by atoms with Crippen LogP contribution in [0.25, 0.3) is 5.69 Å². The number of aromatic nitrogens is 3. The summed E-state index contributed by atoms with van der Waals surface area (Å²) in [7, 11) is 0. The number of thiocarbonyl (C=S) groups is 1. The second-order valence-corrected chi connectivity index (χ2v) is 4.00. The van der Waals surface area contributed by atoms with Gasteiger partial charge in [-0.15, -0.1) is 0 Å². The van der Waals surface area contributed by atoms with Crippen LogP contribution in [0.2, 0.25) is 0 Å². The molecule has 0 saturated carbocycles.